The maximum Gasteiger partial charge on any atom is 0.490 e. The first-order valence-corrected chi connectivity index (χ1v) is 9.24. The standard InChI is InChI=1S/C17H18ClN3O2.C2HF3O2/c1-12-10-16(20-11-15(12)18)23-14-4-8-21(9-5-14)17(22)13-2-6-19-7-3-13;3-2(4,5)1(6)7/h2-3,6-7,10-11,14H,4-5,8-9H2,1H3;(H,6,7). The highest BCUT2D eigenvalue weighted by molar-refractivity contribution is 6.31. The number of carboxylic acid groups (broad SMARTS) is 1. The van der Waals surface area contributed by atoms with E-state index in [1.165, 1.54) is 0 Å². The fourth-order valence-corrected chi connectivity index (χ4v) is 2.71. The van der Waals surface area contributed by atoms with Gasteiger partial charge in [-0.1, -0.05) is 11.6 Å². The van der Waals surface area contributed by atoms with Crippen LogP contribution in [0, 0.1) is 6.92 Å². The Hall–Kier alpha value is -2.88. The summed E-state index contributed by atoms with van der Waals surface area (Å²) in [5.41, 5.74) is 1.62. The van der Waals surface area contributed by atoms with Crippen LogP contribution in [0.2, 0.25) is 5.02 Å². The molecule has 0 aliphatic carbocycles. The zero-order valence-corrected chi connectivity index (χ0v) is 16.7. The van der Waals surface area contributed by atoms with Gasteiger partial charge < -0.3 is 14.7 Å². The van der Waals surface area contributed by atoms with Gasteiger partial charge in [0.25, 0.3) is 5.91 Å². The van der Waals surface area contributed by atoms with Crippen LogP contribution in [0.5, 0.6) is 5.88 Å². The van der Waals surface area contributed by atoms with E-state index in [0.29, 0.717) is 29.6 Å². The summed E-state index contributed by atoms with van der Waals surface area (Å²) in [5, 5.41) is 7.76. The van der Waals surface area contributed by atoms with E-state index in [1.54, 1.807) is 30.7 Å². The second-order valence-corrected chi connectivity index (χ2v) is 6.83. The molecule has 3 rings (SSSR count). The highest BCUT2D eigenvalue weighted by atomic mass is 35.5. The minimum atomic E-state index is -5.08. The smallest absolute Gasteiger partial charge is 0.475 e. The van der Waals surface area contributed by atoms with Gasteiger partial charge in [0.05, 0.1) is 5.02 Å². The number of rotatable bonds is 3. The molecule has 1 saturated heterocycles. The number of carboxylic acids is 1. The van der Waals surface area contributed by atoms with Crippen LogP contribution >= 0.6 is 11.6 Å². The van der Waals surface area contributed by atoms with Gasteiger partial charge in [-0.2, -0.15) is 13.2 Å². The lowest BCUT2D eigenvalue weighted by Crippen LogP contribution is -2.41. The lowest BCUT2D eigenvalue weighted by Gasteiger charge is -2.32. The van der Waals surface area contributed by atoms with Crippen LogP contribution in [0.3, 0.4) is 0 Å². The van der Waals surface area contributed by atoms with E-state index in [-0.39, 0.29) is 12.0 Å². The average Bonchev–Trinajstić information content (AvgIpc) is 2.71. The highest BCUT2D eigenvalue weighted by Crippen LogP contribution is 2.22. The van der Waals surface area contributed by atoms with Gasteiger partial charge in [0.1, 0.15) is 6.10 Å². The van der Waals surface area contributed by atoms with Gasteiger partial charge in [-0.15, -0.1) is 0 Å². The Morgan fingerprint density at radius 2 is 1.80 bits per heavy atom. The summed E-state index contributed by atoms with van der Waals surface area (Å²) in [4.78, 5) is 31.3. The van der Waals surface area contributed by atoms with Crippen molar-refractivity contribution in [1.82, 2.24) is 14.9 Å². The number of aliphatic carboxylic acids is 1. The minimum Gasteiger partial charge on any atom is -0.475 e. The van der Waals surface area contributed by atoms with Crippen LogP contribution in [-0.4, -0.2) is 57.2 Å². The molecule has 0 aromatic carbocycles. The second kappa shape index (κ2) is 10.2. The molecule has 3 heterocycles. The molecule has 0 bridgehead atoms. The lowest BCUT2D eigenvalue weighted by molar-refractivity contribution is -0.192. The molecular weight excluding hydrogens is 427 g/mol. The van der Waals surface area contributed by atoms with Crippen molar-refractivity contribution in [3.63, 3.8) is 0 Å². The number of hydrogen-bond acceptors (Lipinski definition) is 5. The van der Waals surface area contributed by atoms with E-state index in [1.807, 2.05) is 17.9 Å². The third-order valence-corrected chi connectivity index (χ3v) is 4.60. The number of piperidine rings is 1. The van der Waals surface area contributed by atoms with Crippen LogP contribution in [-0.2, 0) is 4.79 Å². The van der Waals surface area contributed by atoms with Crippen molar-refractivity contribution < 1.29 is 32.6 Å². The molecule has 1 aliphatic heterocycles. The highest BCUT2D eigenvalue weighted by Gasteiger charge is 2.38. The van der Waals surface area contributed by atoms with E-state index in [4.69, 9.17) is 26.2 Å². The van der Waals surface area contributed by atoms with Crippen LogP contribution in [0.1, 0.15) is 28.8 Å². The molecule has 2 aromatic rings. The number of carbonyl (C=O) groups excluding carboxylic acids is 1. The third-order valence-electron chi connectivity index (χ3n) is 4.21. The number of likely N-dealkylation sites (tertiary alicyclic amines) is 1. The number of aromatic nitrogens is 2. The fraction of sp³-hybridized carbons (Fsp3) is 0.368. The van der Waals surface area contributed by atoms with Crippen LogP contribution < -0.4 is 4.74 Å². The topological polar surface area (TPSA) is 92.6 Å². The number of pyridine rings is 2. The number of ether oxygens (including phenoxy) is 1. The molecular formula is C19H19ClF3N3O4. The maximum absolute atomic E-state index is 12.4. The normalized spacial score (nSPS) is 14.5. The monoisotopic (exact) mass is 445 g/mol. The van der Waals surface area contributed by atoms with Gasteiger partial charge in [-0.25, -0.2) is 9.78 Å². The Morgan fingerprint density at radius 1 is 1.23 bits per heavy atom. The number of alkyl halides is 3. The largest absolute Gasteiger partial charge is 0.490 e. The molecule has 30 heavy (non-hydrogen) atoms. The molecule has 162 valence electrons. The zero-order valence-electron chi connectivity index (χ0n) is 15.9. The predicted molar refractivity (Wildman–Crippen MR) is 101 cm³/mol. The van der Waals surface area contributed by atoms with E-state index < -0.39 is 12.1 Å². The second-order valence-electron chi connectivity index (χ2n) is 6.42. The Morgan fingerprint density at radius 3 is 2.30 bits per heavy atom. The molecule has 11 heteroatoms. The van der Waals surface area contributed by atoms with Crippen LogP contribution in [0.4, 0.5) is 13.2 Å². The minimum absolute atomic E-state index is 0.0475. The summed E-state index contributed by atoms with van der Waals surface area (Å²) >= 11 is 5.97. The van der Waals surface area contributed by atoms with Crippen molar-refractivity contribution in [3.05, 3.63) is 52.9 Å². The first-order chi connectivity index (χ1) is 14.1. The summed E-state index contributed by atoms with van der Waals surface area (Å²) in [6, 6.07) is 5.33. The van der Waals surface area contributed by atoms with Crippen molar-refractivity contribution >= 4 is 23.5 Å². The van der Waals surface area contributed by atoms with Crippen LogP contribution in [0.15, 0.2) is 36.8 Å². The van der Waals surface area contributed by atoms with Gasteiger partial charge in [0, 0.05) is 56.2 Å². The van der Waals surface area contributed by atoms with Crippen molar-refractivity contribution in [2.75, 3.05) is 13.1 Å². The zero-order chi connectivity index (χ0) is 22.3. The fourth-order valence-electron chi connectivity index (χ4n) is 2.60. The summed E-state index contributed by atoms with van der Waals surface area (Å²) in [7, 11) is 0. The van der Waals surface area contributed by atoms with Gasteiger partial charge >= 0.3 is 12.1 Å². The molecule has 0 spiro atoms. The molecule has 1 N–H and O–H groups in total. The number of aryl methyl sites for hydroxylation is 1. The van der Waals surface area contributed by atoms with E-state index in [0.717, 1.165) is 18.4 Å². The maximum atomic E-state index is 12.4. The Kier molecular flexibility index (Phi) is 7.99. The van der Waals surface area contributed by atoms with Crippen molar-refractivity contribution in [3.8, 4) is 5.88 Å². The lowest BCUT2D eigenvalue weighted by atomic mass is 10.1. The molecule has 0 radical (unpaired) electrons. The van der Waals surface area contributed by atoms with Gasteiger partial charge in [0.15, 0.2) is 0 Å². The van der Waals surface area contributed by atoms with Gasteiger partial charge in [-0.05, 0) is 24.6 Å². The molecule has 1 aliphatic rings. The van der Waals surface area contributed by atoms with E-state index in [9.17, 15) is 18.0 Å². The SMILES string of the molecule is Cc1cc(OC2CCN(C(=O)c3ccncc3)CC2)ncc1Cl.O=C(O)C(F)(F)F. The summed E-state index contributed by atoms with van der Waals surface area (Å²) in [5.74, 6) is -2.12. The average molecular weight is 446 g/mol. The molecule has 0 atom stereocenters. The van der Waals surface area contributed by atoms with E-state index in [2.05, 4.69) is 9.97 Å². The number of halogens is 4. The number of carbonyl (C=O) groups is 2. The molecule has 7 nitrogen and oxygen atoms in total. The molecule has 2 aromatic heterocycles. The summed E-state index contributed by atoms with van der Waals surface area (Å²) in [6.45, 7) is 3.28. The molecule has 0 unspecified atom stereocenters. The van der Waals surface area contributed by atoms with Gasteiger partial charge in [0.2, 0.25) is 5.88 Å². The van der Waals surface area contributed by atoms with Crippen molar-refractivity contribution in [2.45, 2.75) is 32.0 Å². The first-order valence-electron chi connectivity index (χ1n) is 8.86. The Balaban J connectivity index is 0.000000396. The van der Waals surface area contributed by atoms with Gasteiger partial charge in [-0.3, -0.25) is 9.78 Å². The molecule has 0 saturated carbocycles. The molecule has 1 amide bonds. The number of amides is 1. The predicted octanol–water partition coefficient (Wildman–Crippen LogP) is 3.76. The Labute approximate surface area is 175 Å². The van der Waals surface area contributed by atoms with Crippen molar-refractivity contribution in [2.24, 2.45) is 0 Å². The summed E-state index contributed by atoms with van der Waals surface area (Å²) < 4.78 is 37.6. The van der Waals surface area contributed by atoms with Crippen LogP contribution in [0.25, 0.3) is 0 Å². The molecule has 1 fully saturated rings. The van der Waals surface area contributed by atoms with Crippen molar-refractivity contribution in [1.29, 1.82) is 0 Å². The Bertz CT molecular complexity index is 873. The first kappa shape index (κ1) is 23.4. The third kappa shape index (κ3) is 6.87. The number of hydrogen-bond donors (Lipinski definition) is 1. The number of nitrogens with zero attached hydrogens (tertiary/aromatic N) is 3. The summed E-state index contributed by atoms with van der Waals surface area (Å²) in [6.07, 6.45) is 1.45. The van der Waals surface area contributed by atoms with E-state index >= 15 is 0 Å². The quantitative estimate of drug-likeness (QED) is 0.773.